The van der Waals surface area contributed by atoms with Crippen molar-refractivity contribution in [2.75, 3.05) is 139 Å². The van der Waals surface area contributed by atoms with E-state index >= 15 is 0 Å². The lowest BCUT2D eigenvalue weighted by Gasteiger charge is -2.44. The molecule has 1 aliphatic carbocycles. The van der Waals surface area contributed by atoms with E-state index in [1.165, 1.54) is 40.6 Å². The monoisotopic (exact) mass is 1360 g/mol. The minimum Gasteiger partial charge on any atom is -0.458 e. The number of hydrogen-bond acceptors (Lipinski definition) is 19. The van der Waals surface area contributed by atoms with Gasteiger partial charge in [0, 0.05) is 138 Å². The highest BCUT2D eigenvalue weighted by molar-refractivity contribution is 7.99. The SMILES string of the molecule is CC(C)(C)OC(=O)COCCCNC(=O)c1ccc(N2CCN(C[C@]3(C)CCC(c4ccc(Cl)cc4)=C(CN4CCN(c5ccc(C(=O)NS(=O)(=O)c6ccc(NC(CCN7CCCOCC7)CSc7ccccc7)c(S(=O)(=O)C(F)(F)F)c6)cc5)CC4)C3)CC2)nn1. The Morgan fingerprint density at radius 1 is 0.785 bits per heavy atom. The van der Waals surface area contributed by atoms with Crippen LogP contribution in [0.25, 0.3) is 5.57 Å². The third-order valence-corrected chi connectivity index (χ3v) is 21.1. The quantitative estimate of drug-likeness (QED) is 0.0266. The number of sulfonamides is 1. The largest absolute Gasteiger partial charge is 0.501 e. The zero-order chi connectivity index (χ0) is 66.4. The molecule has 4 heterocycles. The van der Waals surface area contributed by atoms with E-state index in [1.807, 2.05) is 53.3 Å². The van der Waals surface area contributed by atoms with E-state index in [-0.39, 0.29) is 35.8 Å². The molecule has 504 valence electrons. The fourth-order valence-electron chi connectivity index (χ4n) is 12.0. The zero-order valence-corrected chi connectivity index (χ0v) is 56.3. The minimum absolute atomic E-state index is 0.00960. The van der Waals surface area contributed by atoms with Gasteiger partial charge in [-0.05, 0) is 155 Å². The molecule has 1 unspecified atom stereocenters. The third kappa shape index (κ3) is 20.3. The molecule has 93 heavy (non-hydrogen) atoms. The molecule has 9 rings (SSSR count). The number of carbonyl (C=O) groups excluding carboxylic acids is 3. The number of anilines is 3. The molecule has 4 aliphatic rings. The van der Waals surface area contributed by atoms with Crippen molar-refractivity contribution in [1.82, 2.24) is 34.9 Å². The number of ether oxygens (including phenoxy) is 3. The number of thioether (sulfide) groups is 1. The fraction of sp³-hybridized carbons (Fsp3) is 0.500. The van der Waals surface area contributed by atoms with Gasteiger partial charge in [0.1, 0.15) is 17.1 Å². The molecule has 0 spiro atoms. The standard InChI is InChI=1S/C66H84ClF3N10O10S3/c1-64(2,3)90-61(81)45-89-39-8-27-71-63(83)58-22-23-60(74-73-58)80-36-32-78(33-37-80)47-65(4)26-24-56(48-12-16-51(67)17-13-48)50(43-65)44-77-30-34-79(35-31-77)53-18-14-49(15-19-53)62(82)75-93(86,87)55-20-21-57(59(42-55)92(84,85)66(68,69)70)72-52(46-91-54-10-6-5-7-11-54)25-29-76-28-9-40-88-41-38-76/h5-7,10-23,42,52,72H,8-9,24-41,43-47H2,1-4H3,(H,71,83)(H,75,82)/t52?,65-/m1/s1. The summed E-state index contributed by atoms with van der Waals surface area (Å²) in [6.45, 7) is 19.1. The Morgan fingerprint density at radius 2 is 1.49 bits per heavy atom. The van der Waals surface area contributed by atoms with Crippen LogP contribution in [-0.2, 0) is 38.9 Å². The van der Waals surface area contributed by atoms with Gasteiger partial charge in [0.2, 0.25) is 0 Å². The van der Waals surface area contributed by atoms with Crippen LogP contribution in [0.15, 0.2) is 129 Å². The van der Waals surface area contributed by atoms with Crippen molar-refractivity contribution in [3.63, 3.8) is 0 Å². The summed E-state index contributed by atoms with van der Waals surface area (Å²) in [5, 5.41) is 15.2. The summed E-state index contributed by atoms with van der Waals surface area (Å²) in [4.78, 5) is 48.6. The summed E-state index contributed by atoms with van der Waals surface area (Å²) in [5.74, 6) is -0.760. The molecule has 2 amide bonds. The van der Waals surface area contributed by atoms with Gasteiger partial charge in [-0.1, -0.05) is 54.4 Å². The van der Waals surface area contributed by atoms with E-state index in [1.54, 1.807) is 39.0 Å². The number of benzene rings is 4. The maximum absolute atomic E-state index is 14.4. The average Bonchev–Trinajstić information content (AvgIpc) is 0.848. The summed E-state index contributed by atoms with van der Waals surface area (Å²) in [6.07, 6.45) is 4.60. The second-order valence-corrected chi connectivity index (χ2v) is 30.4. The van der Waals surface area contributed by atoms with Crippen molar-refractivity contribution < 1.29 is 58.6 Å². The molecule has 3 aliphatic heterocycles. The van der Waals surface area contributed by atoms with E-state index in [0.717, 1.165) is 107 Å². The van der Waals surface area contributed by atoms with Gasteiger partial charge in [-0.25, -0.2) is 26.4 Å². The van der Waals surface area contributed by atoms with Crippen LogP contribution in [0, 0.1) is 5.41 Å². The van der Waals surface area contributed by atoms with Crippen LogP contribution in [0.4, 0.5) is 30.4 Å². The predicted octanol–water partition coefficient (Wildman–Crippen LogP) is 9.29. The molecule has 3 saturated heterocycles. The van der Waals surface area contributed by atoms with Crippen molar-refractivity contribution in [1.29, 1.82) is 0 Å². The summed E-state index contributed by atoms with van der Waals surface area (Å²) >= 11 is 7.81. The number of nitrogens with zero attached hydrogens (tertiary/aromatic N) is 7. The first-order chi connectivity index (χ1) is 44.3. The van der Waals surface area contributed by atoms with Gasteiger partial charge >= 0.3 is 11.5 Å². The van der Waals surface area contributed by atoms with Crippen LogP contribution < -0.4 is 25.2 Å². The van der Waals surface area contributed by atoms with Gasteiger partial charge in [0.25, 0.3) is 31.7 Å². The number of halogens is 4. The van der Waals surface area contributed by atoms with Crippen molar-refractivity contribution in [2.45, 2.75) is 98.1 Å². The number of amides is 2. The number of hydrogen-bond donors (Lipinski definition) is 3. The number of carbonyl (C=O) groups is 3. The predicted molar refractivity (Wildman–Crippen MR) is 355 cm³/mol. The number of piperazine rings is 2. The van der Waals surface area contributed by atoms with Crippen molar-refractivity contribution >= 4 is 83.8 Å². The van der Waals surface area contributed by atoms with Crippen molar-refractivity contribution in [3.8, 4) is 0 Å². The minimum atomic E-state index is -6.10. The van der Waals surface area contributed by atoms with Gasteiger partial charge in [0.15, 0.2) is 11.5 Å². The lowest BCUT2D eigenvalue weighted by Crippen LogP contribution is -2.50. The van der Waals surface area contributed by atoms with Crippen LogP contribution in [0.5, 0.6) is 0 Å². The maximum Gasteiger partial charge on any atom is 0.501 e. The van der Waals surface area contributed by atoms with Gasteiger partial charge < -0.3 is 39.5 Å². The molecule has 2 atom stereocenters. The first-order valence-electron chi connectivity index (χ1n) is 31.5. The normalized spacial score (nSPS) is 18.8. The number of rotatable bonds is 26. The third-order valence-electron chi connectivity index (χ3n) is 16.8. The number of sulfone groups is 1. The first kappa shape index (κ1) is 70.9. The summed E-state index contributed by atoms with van der Waals surface area (Å²) in [7, 11) is -11.0. The number of esters is 1. The lowest BCUT2D eigenvalue weighted by molar-refractivity contribution is -0.160. The number of nitrogens with one attached hydrogen (secondary N) is 3. The summed E-state index contributed by atoms with van der Waals surface area (Å²) < 4.78 is 115. The molecular weight excluding hydrogens is 1280 g/mol. The average molecular weight is 1370 g/mol. The molecular formula is C66H84ClF3N10O10S3. The van der Waals surface area contributed by atoms with Crippen LogP contribution >= 0.6 is 23.4 Å². The number of aromatic nitrogens is 2. The van der Waals surface area contributed by atoms with E-state index < -0.39 is 64.4 Å². The van der Waals surface area contributed by atoms with Crippen molar-refractivity contribution in [2.24, 2.45) is 5.41 Å². The van der Waals surface area contributed by atoms with Gasteiger partial charge in [0.05, 0.1) is 17.2 Å². The summed E-state index contributed by atoms with van der Waals surface area (Å²) in [5.41, 5.74) is -1.85. The molecule has 5 aromatic rings. The zero-order valence-electron chi connectivity index (χ0n) is 53.1. The maximum atomic E-state index is 14.4. The highest BCUT2D eigenvalue weighted by Crippen LogP contribution is 2.44. The van der Waals surface area contributed by atoms with Crippen LogP contribution in [0.3, 0.4) is 0 Å². The Morgan fingerprint density at radius 3 is 2.18 bits per heavy atom. The second kappa shape index (κ2) is 31.9. The van der Waals surface area contributed by atoms with Crippen LogP contribution in [-0.4, -0.2) is 200 Å². The molecule has 0 bridgehead atoms. The van der Waals surface area contributed by atoms with Gasteiger partial charge in [-0.15, -0.1) is 22.0 Å². The van der Waals surface area contributed by atoms with Crippen LogP contribution in [0.2, 0.25) is 5.02 Å². The summed E-state index contributed by atoms with van der Waals surface area (Å²) in [6, 6.07) is 29.2. The Labute approximate surface area is 553 Å². The smallest absolute Gasteiger partial charge is 0.458 e. The van der Waals surface area contributed by atoms with E-state index in [9.17, 15) is 44.4 Å². The highest BCUT2D eigenvalue weighted by atomic mass is 35.5. The fourth-order valence-corrected chi connectivity index (χ4v) is 15.1. The van der Waals surface area contributed by atoms with E-state index in [2.05, 4.69) is 64.4 Å². The highest BCUT2D eigenvalue weighted by Gasteiger charge is 2.49. The number of alkyl halides is 3. The molecule has 1 aromatic heterocycles. The number of allylic oxidation sites excluding steroid dienone is 1. The topological polar surface area (TPSA) is 225 Å². The van der Waals surface area contributed by atoms with Crippen molar-refractivity contribution in [3.05, 3.63) is 137 Å². The first-order valence-corrected chi connectivity index (χ1v) is 35.8. The molecule has 0 saturated carbocycles. The second-order valence-electron chi connectivity index (χ2n) is 25.3. The Bertz CT molecular complexity index is 3590. The van der Waals surface area contributed by atoms with E-state index in [0.29, 0.717) is 81.4 Å². The molecule has 3 N–H and O–H groups in total. The Hall–Kier alpha value is -6.36. The molecule has 20 nitrogen and oxygen atoms in total. The molecule has 0 radical (unpaired) electrons. The van der Waals surface area contributed by atoms with Crippen LogP contribution in [0.1, 0.15) is 92.6 Å². The Kier molecular flexibility index (Phi) is 24.3. The van der Waals surface area contributed by atoms with Gasteiger partial charge in [-0.2, -0.15) is 13.2 Å². The molecule has 3 fully saturated rings. The van der Waals surface area contributed by atoms with E-state index in [4.69, 9.17) is 25.8 Å². The van der Waals surface area contributed by atoms with Gasteiger partial charge in [-0.3, -0.25) is 19.4 Å². The Balaban J connectivity index is 0.776. The molecule has 4 aromatic carbocycles. The molecule has 27 heteroatoms. The lowest BCUT2D eigenvalue weighted by atomic mass is 9.71.